The number of hydrogen-bond acceptors (Lipinski definition) is 6. The van der Waals surface area contributed by atoms with E-state index in [1.54, 1.807) is 18.2 Å². The number of para-hydroxylation sites is 2. The van der Waals surface area contributed by atoms with Crippen LogP contribution in [0.2, 0.25) is 0 Å². The topological polar surface area (TPSA) is 72.5 Å². The average Bonchev–Trinajstić information content (AvgIpc) is 3.04. The molecule has 1 heterocycles. The van der Waals surface area contributed by atoms with Crippen molar-refractivity contribution in [2.75, 3.05) is 19.1 Å². The lowest BCUT2D eigenvalue weighted by Gasteiger charge is -2.09. The summed E-state index contributed by atoms with van der Waals surface area (Å²) in [5.41, 5.74) is 6.71. The molecule has 0 unspecified atom stereocenters. The first kappa shape index (κ1) is 16.1. The molecule has 0 atom stereocenters. The van der Waals surface area contributed by atoms with Crippen LogP contribution in [0.3, 0.4) is 0 Å². The maximum atomic E-state index is 12.3. The van der Waals surface area contributed by atoms with Gasteiger partial charge in [0.1, 0.15) is 17.0 Å². The van der Waals surface area contributed by atoms with Gasteiger partial charge in [0.2, 0.25) is 5.13 Å². The second kappa shape index (κ2) is 7.18. The van der Waals surface area contributed by atoms with E-state index in [1.807, 2.05) is 31.2 Å². The van der Waals surface area contributed by atoms with Crippen molar-refractivity contribution in [1.82, 2.24) is 10.4 Å². The van der Waals surface area contributed by atoms with Gasteiger partial charge in [-0.25, -0.2) is 4.98 Å². The van der Waals surface area contributed by atoms with Crippen molar-refractivity contribution in [2.24, 2.45) is 0 Å². The van der Waals surface area contributed by atoms with Gasteiger partial charge in [-0.05, 0) is 31.2 Å². The van der Waals surface area contributed by atoms with E-state index in [0.717, 1.165) is 16.0 Å². The van der Waals surface area contributed by atoms with Gasteiger partial charge in [-0.15, -0.1) is 0 Å². The Bertz CT molecular complexity index is 863. The first-order valence-corrected chi connectivity index (χ1v) is 8.26. The number of methoxy groups -OCH3 is 1. The van der Waals surface area contributed by atoms with E-state index in [9.17, 15) is 4.79 Å². The Balaban J connectivity index is 1.76. The van der Waals surface area contributed by atoms with Crippen LogP contribution in [0.15, 0.2) is 42.5 Å². The Hall–Kier alpha value is -2.80. The summed E-state index contributed by atoms with van der Waals surface area (Å²) in [5.74, 6) is 0.951. The van der Waals surface area contributed by atoms with Gasteiger partial charge < -0.3 is 9.47 Å². The van der Waals surface area contributed by atoms with Gasteiger partial charge >= 0.3 is 0 Å². The zero-order valence-corrected chi connectivity index (χ0v) is 14.1. The number of amides is 1. The molecular weight excluding hydrogens is 326 g/mol. The summed E-state index contributed by atoms with van der Waals surface area (Å²) in [7, 11) is 1.53. The van der Waals surface area contributed by atoms with Crippen molar-refractivity contribution in [2.45, 2.75) is 6.92 Å². The number of carbonyl (C=O) groups is 1. The van der Waals surface area contributed by atoms with Crippen molar-refractivity contribution in [3.63, 3.8) is 0 Å². The molecule has 3 aromatic rings. The summed E-state index contributed by atoms with van der Waals surface area (Å²) in [5, 5.41) is 0.584. The molecule has 0 spiro atoms. The first-order chi connectivity index (χ1) is 11.7. The van der Waals surface area contributed by atoms with E-state index in [2.05, 4.69) is 15.8 Å². The number of thiazole rings is 1. The van der Waals surface area contributed by atoms with E-state index < -0.39 is 0 Å². The molecule has 0 saturated carbocycles. The van der Waals surface area contributed by atoms with E-state index in [4.69, 9.17) is 9.47 Å². The molecule has 6 nitrogen and oxygen atoms in total. The van der Waals surface area contributed by atoms with Crippen LogP contribution >= 0.6 is 11.3 Å². The molecule has 0 bridgehead atoms. The Morgan fingerprint density at radius 3 is 2.75 bits per heavy atom. The van der Waals surface area contributed by atoms with Crippen LogP contribution in [-0.4, -0.2) is 24.6 Å². The maximum Gasteiger partial charge on any atom is 0.273 e. The van der Waals surface area contributed by atoms with Gasteiger partial charge in [0.15, 0.2) is 0 Å². The van der Waals surface area contributed by atoms with Crippen molar-refractivity contribution >= 4 is 32.6 Å². The number of anilines is 1. The van der Waals surface area contributed by atoms with Crippen molar-refractivity contribution < 1.29 is 14.3 Å². The molecule has 24 heavy (non-hydrogen) atoms. The number of hydrazine groups is 1. The number of carbonyl (C=O) groups excluding carboxylic acids is 1. The molecule has 0 aliphatic heterocycles. The van der Waals surface area contributed by atoms with E-state index >= 15 is 0 Å². The number of fused-ring (bicyclic) bond motifs is 1. The highest BCUT2D eigenvalue weighted by molar-refractivity contribution is 7.22. The van der Waals surface area contributed by atoms with Crippen molar-refractivity contribution in [1.29, 1.82) is 0 Å². The Labute approximate surface area is 143 Å². The normalized spacial score (nSPS) is 10.4. The minimum Gasteiger partial charge on any atom is -0.496 e. The molecule has 0 saturated heterocycles. The van der Waals surface area contributed by atoms with Gasteiger partial charge in [0, 0.05) is 0 Å². The van der Waals surface area contributed by atoms with E-state index in [0.29, 0.717) is 23.1 Å². The third-order valence-electron chi connectivity index (χ3n) is 3.32. The molecule has 124 valence electrons. The third-order valence-corrected chi connectivity index (χ3v) is 4.25. The minimum atomic E-state index is -0.295. The molecule has 7 heteroatoms. The SMILES string of the molecule is CCOc1cccc2sc(NNC(=O)c3ccccc3OC)nc12. The van der Waals surface area contributed by atoms with Crippen LogP contribution in [0.1, 0.15) is 17.3 Å². The number of rotatable bonds is 6. The fourth-order valence-corrected chi connectivity index (χ4v) is 3.10. The van der Waals surface area contributed by atoms with Crippen LogP contribution < -0.4 is 20.3 Å². The number of ether oxygens (including phenoxy) is 2. The zero-order chi connectivity index (χ0) is 16.9. The molecule has 2 aromatic carbocycles. The fourth-order valence-electron chi connectivity index (χ4n) is 2.26. The van der Waals surface area contributed by atoms with E-state index in [1.165, 1.54) is 18.4 Å². The highest BCUT2D eigenvalue weighted by atomic mass is 32.1. The van der Waals surface area contributed by atoms with Gasteiger partial charge in [-0.3, -0.25) is 15.6 Å². The quantitative estimate of drug-likeness (QED) is 0.671. The molecule has 0 aliphatic rings. The number of nitrogens with zero attached hydrogens (tertiary/aromatic N) is 1. The highest BCUT2D eigenvalue weighted by Crippen LogP contribution is 2.32. The molecule has 3 rings (SSSR count). The lowest BCUT2D eigenvalue weighted by molar-refractivity contribution is 0.0959. The molecule has 1 aromatic heterocycles. The van der Waals surface area contributed by atoms with Gasteiger partial charge in [0.05, 0.1) is 24.0 Å². The number of nitrogens with one attached hydrogen (secondary N) is 2. The smallest absolute Gasteiger partial charge is 0.273 e. The standard InChI is InChI=1S/C17H17N3O3S/c1-3-23-13-9-6-10-14-15(13)18-17(24-14)20-19-16(21)11-7-4-5-8-12(11)22-2/h4-10H,3H2,1-2H3,(H,18,20)(H,19,21). The first-order valence-electron chi connectivity index (χ1n) is 7.44. The third kappa shape index (κ3) is 3.26. The van der Waals surface area contributed by atoms with Crippen LogP contribution in [-0.2, 0) is 0 Å². The summed E-state index contributed by atoms with van der Waals surface area (Å²) < 4.78 is 11.7. The van der Waals surface area contributed by atoms with Crippen LogP contribution in [0.25, 0.3) is 10.2 Å². The van der Waals surface area contributed by atoms with Gasteiger partial charge in [-0.2, -0.15) is 0 Å². The maximum absolute atomic E-state index is 12.3. The predicted molar refractivity (Wildman–Crippen MR) is 94.9 cm³/mol. The Morgan fingerprint density at radius 1 is 1.17 bits per heavy atom. The largest absolute Gasteiger partial charge is 0.496 e. The molecular formula is C17H17N3O3S. The monoisotopic (exact) mass is 343 g/mol. The fraction of sp³-hybridized carbons (Fsp3) is 0.176. The molecule has 0 fully saturated rings. The number of hydrogen-bond donors (Lipinski definition) is 2. The second-order valence-electron chi connectivity index (χ2n) is 4.83. The number of benzene rings is 2. The number of aromatic nitrogens is 1. The predicted octanol–water partition coefficient (Wildman–Crippen LogP) is 3.46. The second-order valence-corrected chi connectivity index (χ2v) is 5.86. The van der Waals surface area contributed by atoms with Crippen LogP contribution in [0, 0.1) is 0 Å². The molecule has 1 amide bonds. The van der Waals surface area contributed by atoms with Crippen LogP contribution in [0.5, 0.6) is 11.5 Å². The Kier molecular flexibility index (Phi) is 4.81. The van der Waals surface area contributed by atoms with Gasteiger partial charge in [-0.1, -0.05) is 29.5 Å². The van der Waals surface area contributed by atoms with E-state index in [-0.39, 0.29) is 5.91 Å². The highest BCUT2D eigenvalue weighted by Gasteiger charge is 2.13. The molecule has 0 radical (unpaired) electrons. The lowest BCUT2D eigenvalue weighted by Crippen LogP contribution is -2.29. The zero-order valence-electron chi connectivity index (χ0n) is 13.3. The Morgan fingerprint density at radius 2 is 1.96 bits per heavy atom. The molecule has 2 N–H and O–H groups in total. The summed E-state index contributed by atoms with van der Waals surface area (Å²) in [6.07, 6.45) is 0. The summed E-state index contributed by atoms with van der Waals surface area (Å²) >= 11 is 1.44. The van der Waals surface area contributed by atoms with Crippen molar-refractivity contribution in [3.05, 3.63) is 48.0 Å². The summed E-state index contributed by atoms with van der Waals surface area (Å²) in [6, 6.07) is 12.8. The molecule has 0 aliphatic carbocycles. The summed E-state index contributed by atoms with van der Waals surface area (Å²) in [4.78, 5) is 16.8. The van der Waals surface area contributed by atoms with Gasteiger partial charge in [0.25, 0.3) is 5.91 Å². The average molecular weight is 343 g/mol. The minimum absolute atomic E-state index is 0.295. The van der Waals surface area contributed by atoms with Crippen molar-refractivity contribution in [3.8, 4) is 11.5 Å². The lowest BCUT2D eigenvalue weighted by atomic mass is 10.2. The van der Waals surface area contributed by atoms with Crippen LogP contribution in [0.4, 0.5) is 5.13 Å². The summed E-state index contributed by atoms with van der Waals surface area (Å²) in [6.45, 7) is 2.50.